The molecule has 0 saturated carbocycles. The van der Waals surface area contributed by atoms with Crippen LogP contribution in [0.2, 0.25) is 0 Å². The average molecular weight is 374 g/mol. The molecule has 2 rings (SSSR count). The first-order valence-electron chi connectivity index (χ1n) is 8.99. The number of carbonyl (C=O) groups excluding carboxylic acids is 1. The number of nitrogens with one attached hydrogen (secondary N) is 1. The molecule has 7 heteroatoms. The molecule has 0 atom stereocenters. The smallest absolute Gasteiger partial charge is 0.230 e. The summed E-state index contributed by atoms with van der Waals surface area (Å²) in [6.07, 6.45) is 7.67. The third-order valence-corrected chi connectivity index (χ3v) is 4.70. The van der Waals surface area contributed by atoms with E-state index in [9.17, 15) is 4.79 Å². The number of aryl methyl sites for hydroxylation is 1. The molecule has 1 heterocycles. The van der Waals surface area contributed by atoms with Gasteiger partial charge in [0, 0.05) is 11.1 Å². The second-order valence-corrected chi connectivity index (χ2v) is 7.08. The van der Waals surface area contributed by atoms with Crippen molar-refractivity contribution in [2.24, 2.45) is 16.5 Å². The van der Waals surface area contributed by atoms with Gasteiger partial charge in [0.05, 0.1) is 12.1 Å². The molecule has 0 aliphatic rings. The number of carbonyl (C=O) groups is 1. The lowest BCUT2D eigenvalue weighted by Gasteiger charge is -2.06. The van der Waals surface area contributed by atoms with Gasteiger partial charge in [-0.15, -0.1) is 11.3 Å². The number of guanidine groups is 1. The molecule has 0 aliphatic heterocycles. The molecular weight excluding hydrogens is 346 g/mol. The molecule has 2 aromatic rings. The molecule has 0 radical (unpaired) electrons. The summed E-state index contributed by atoms with van der Waals surface area (Å²) in [5, 5.41) is 5.13. The van der Waals surface area contributed by atoms with Crippen LogP contribution in [0.5, 0.6) is 0 Å². The van der Waals surface area contributed by atoms with Crippen LogP contribution in [0.15, 0.2) is 34.6 Å². The van der Waals surface area contributed by atoms with Crippen molar-refractivity contribution in [3.05, 3.63) is 40.9 Å². The lowest BCUT2D eigenvalue weighted by Crippen LogP contribution is -2.21. The number of nitrogens with two attached hydrogens (primary N) is 2. The van der Waals surface area contributed by atoms with Gasteiger partial charge in [0.15, 0.2) is 5.96 Å². The Hall–Kier alpha value is -2.41. The zero-order valence-electron chi connectivity index (χ0n) is 15.2. The van der Waals surface area contributed by atoms with Crippen LogP contribution in [-0.4, -0.2) is 16.9 Å². The first-order valence-corrected chi connectivity index (χ1v) is 9.87. The van der Waals surface area contributed by atoms with Crippen molar-refractivity contribution in [3.63, 3.8) is 0 Å². The van der Waals surface area contributed by atoms with E-state index in [0.717, 1.165) is 12.1 Å². The number of hydrogen-bond donors (Lipinski definition) is 3. The van der Waals surface area contributed by atoms with E-state index in [-0.39, 0.29) is 18.3 Å². The number of aromatic nitrogens is 1. The molecule has 140 valence electrons. The van der Waals surface area contributed by atoms with E-state index in [0.29, 0.717) is 10.8 Å². The highest BCUT2D eigenvalue weighted by molar-refractivity contribution is 7.13. The molecular formula is C19H27N5OS. The van der Waals surface area contributed by atoms with Crippen LogP contribution in [0.4, 0.5) is 10.8 Å². The van der Waals surface area contributed by atoms with Crippen molar-refractivity contribution in [2.45, 2.75) is 51.9 Å². The van der Waals surface area contributed by atoms with Gasteiger partial charge in [-0.3, -0.25) is 4.79 Å². The average Bonchev–Trinajstić information content (AvgIpc) is 3.02. The van der Waals surface area contributed by atoms with Crippen LogP contribution in [0, 0.1) is 0 Å². The maximum Gasteiger partial charge on any atom is 0.230 e. The van der Waals surface area contributed by atoms with Gasteiger partial charge >= 0.3 is 0 Å². The minimum atomic E-state index is -0.112. The van der Waals surface area contributed by atoms with Crippen LogP contribution in [0.3, 0.4) is 0 Å². The molecule has 0 bridgehead atoms. The predicted molar refractivity (Wildman–Crippen MR) is 109 cm³/mol. The Morgan fingerprint density at radius 3 is 2.58 bits per heavy atom. The Kier molecular flexibility index (Phi) is 8.08. The standard InChI is InChI=1S/C19H27N5OS/c1-2-3-4-5-6-7-14-8-10-15(11-9-14)22-17(25)12-16-13-26-19(23-16)24-18(20)21/h8-11,13H,2-7,12H2,1H3,(H,22,25)(H4,20,21,23,24). The van der Waals surface area contributed by atoms with Crippen LogP contribution >= 0.6 is 11.3 Å². The largest absolute Gasteiger partial charge is 0.370 e. The SMILES string of the molecule is CCCCCCCc1ccc(NC(=O)Cc2csc(N=C(N)N)n2)cc1. The summed E-state index contributed by atoms with van der Waals surface area (Å²) >= 11 is 1.30. The van der Waals surface area contributed by atoms with Gasteiger partial charge in [0.2, 0.25) is 11.0 Å². The van der Waals surface area contributed by atoms with E-state index in [4.69, 9.17) is 11.5 Å². The molecule has 0 fully saturated rings. The van der Waals surface area contributed by atoms with E-state index < -0.39 is 0 Å². The first-order chi connectivity index (χ1) is 12.6. The maximum atomic E-state index is 12.1. The number of benzene rings is 1. The van der Waals surface area contributed by atoms with E-state index in [1.165, 1.54) is 49.0 Å². The summed E-state index contributed by atoms with van der Waals surface area (Å²) < 4.78 is 0. The Bertz CT molecular complexity index is 720. The van der Waals surface area contributed by atoms with E-state index >= 15 is 0 Å². The number of unbranched alkanes of at least 4 members (excludes halogenated alkanes) is 4. The Morgan fingerprint density at radius 1 is 1.15 bits per heavy atom. The fourth-order valence-corrected chi connectivity index (χ4v) is 3.30. The van der Waals surface area contributed by atoms with Crippen molar-refractivity contribution in [1.82, 2.24) is 4.98 Å². The second-order valence-electron chi connectivity index (χ2n) is 6.24. The van der Waals surface area contributed by atoms with Crippen LogP contribution < -0.4 is 16.8 Å². The van der Waals surface area contributed by atoms with Crippen molar-refractivity contribution >= 4 is 34.0 Å². The molecule has 5 N–H and O–H groups in total. The molecule has 1 aromatic carbocycles. The van der Waals surface area contributed by atoms with Gasteiger partial charge < -0.3 is 16.8 Å². The molecule has 0 spiro atoms. The lowest BCUT2D eigenvalue weighted by atomic mass is 10.1. The van der Waals surface area contributed by atoms with Gasteiger partial charge in [-0.1, -0.05) is 44.7 Å². The van der Waals surface area contributed by atoms with Crippen molar-refractivity contribution < 1.29 is 4.79 Å². The summed E-state index contributed by atoms with van der Waals surface area (Å²) in [5.74, 6) is -0.153. The molecule has 26 heavy (non-hydrogen) atoms. The van der Waals surface area contributed by atoms with E-state index in [1.807, 2.05) is 12.1 Å². The van der Waals surface area contributed by atoms with Gasteiger partial charge in [0.25, 0.3) is 0 Å². The number of aliphatic imine (C=N–C) groups is 1. The zero-order chi connectivity index (χ0) is 18.8. The van der Waals surface area contributed by atoms with Crippen molar-refractivity contribution in [3.8, 4) is 0 Å². The minimum Gasteiger partial charge on any atom is -0.370 e. The third kappa shape index (κ3) is 7.23. The summed E-state index contributed by atoms with van der Waals surface area (Å²) in [6.45, 7) is 2.23. The van der Waals surface area contributed by atoms with Crippen LogP contribution in [-0.2, 0) is 17.6 Å². The molecule has 0 unspecified atom stereocenters. The number of hydrogen-bond acceptors (Lipinski definition) is 4. The molecule has 0 aliphatic carbocycles. The fourth-order valence-electron chi connectivity index (χ4n) is 2.60. The number of thiazole rings is 1. The number of rotatable bonds is 10. The first kappa shape index (κ1) is 19.9. The van der Waals surface area contributed by atoms with Gasteiger partial charge in [-0.2, -0.15) is 4.99 Å². The fraction of sp³-hybridized carbons (Fsp3) is 0.421. The molecule has 0 saturated heterocycles. The minimum absolute atomic E-state index is 0.0409. The monoisotopic (exact) mass is 373 g/mol. The Labute approximate surface area is 158 Å². The topological polar surface area (TPSA) is 106 Å². The lowest BCUT2D eigenvalue weighted by molar-refractivity contribution is -0.115. The van der Waals surface area contributed by atoms with E-state index in [1.54, 1.807) is 5.38 Å². The highest BCUT2D eigenvalue weighted by Crippen LogP contribution is 2.19. The summed E-state index contributed by atoms with van der Waals surface area (Å²) in [7, 11) is 0. The highest BCUT2D eigenvalue weighted by Gasteiger charge is 2.08. The predicted octanol–water partition coefficient (Wildman–Crippen LogP) is 3.74. The number of anilines is 1. The van der Waals surface area contributed by atoms with E-state index in [2.05, 4.69) is 34.3 Å². The Morgan fingerprint density at radius 2 is 1.88 bits per heavy atom. The van der Waals surface area contributed by atoms with Gasteiger partial charge in [-0.05, 0) is 30.5 Å². The van der Waals surface area contributed by atoms with Gasteiger partial charge in [0.1, 0.15) is 0 Å². The summed E-state index contributed by atoms with van der Waals surface area (Å²) in [5.41, 5.74) is 13.4. The zero-order valence-corrected chi connectivity index (χ0v) is 16.0. The quantitative estimate of drug-likeness (QED) is 0.335. The van der Waals surface area contributed by atoms with Crippen LogP contribution in [0.25, 0.3) is 0 Å². The molecule has 6 nitrogen and oxygen atoms in total. The normalized spacial score (nSPS) is 10.5. The highest BCUT2D eigenvalue weighted by atomic mass is 32.1. The number of nitrogens with zero attached hydrogens (tertiary/aromatic N) is 2. The summed E-state index contributed by atoms with van der Waals surface area (Å²) in [6, 6.07) is 8.06. The van der Waals surface area contributed by atoms with Crippen LogP contribution in [0.1, 0.15) is 50.3 Å². The second kappa shape index (κ2) is 10.6. The van der Waals surface area contributed by atoms with Crippen molar-refractivity contribution in [1.29, 1.82) is 0 Å². The third-order valence-electron chi connectivity index (χ3n) is 3.91. The molecule has 1 amide bonds. The molecule has 1 aromatic heterocycles. The summed E-state index contributed by atoms with van der Waals surface area (Å²) in [4.78, 5) is 20.2. The van der Waals surface area contributed by atoms with Gasteiger partial charge in [-0.25, -0.2) is 4.98 Å². The van der Waals surface area contributed by atoms with Crippen molar-refractivity contribution in [2.75, 3.05) is 5.32 Å². The maximum absolute atomic E-state index is 12.1. The Balaban J connectivity index is 1.78. The number of amides is 1.